The molecule has 1 rings (SSSR count). The molecule has 3 nitrogen and oxygen atoms in total. The molecule has 1 atom stereocenters. The summed E-state index contributed by atoms with van der Waals surface area (Å²) in [5, 5.41) is 13.2. The van der Waals surface area contributed by atoms with Crippen molar-refractivity contribution in [1.29, 1.82) is 0 Å². The van der Waals surface area contributed by atoms with Gasteiger partial charge >= 0.3 is 0 Å². The molecule has 108 valence electrons. The number of nitrogens with one attached hydrogen (secondary N) is 1. The molecule has 0 aliphatic carbocycles. The van der Waals surface area contributed by atoms with Gasteiger partial charge in [-0.05, 0) is 31.9 Å². The second-order valence-electron chi connectivity index (χ2n) is 5.04. The number of aliphatic hydroxyl groups is 1. The molecule has 4 heteroatoms. The predicted octanol–water partition coefficient (Wildman–Crippen LogP) is 2.73. The number of hydrogen-bond donors (Lipinski definition) is 2. The van der Waals surface area contributed by atoms with Crippen LogP contribution in [0.2, 0.25) is 0 Å². The van der Waals surface area contributed by atoms with Crippen LogP contribution in [-0.4, -0.2) is 29.9 Å². The van der Waals surface area contributed by atoms with E-state index in [1.807, 2.05) is 0 Å². The van der Waals surface area contributed by atoms with Gasteiger partial charge in [0.15, 0.2) is 11.6 Å². The Kier molecular flexibility index (Phi) is 6.25. The summed E-state index contributed by atoms with van der Waals surface area (Å²) < 4.78 is 18.6. The molecule has 0 fully saturated rings. The lowest BCUT2D eigenvalue weighted by atomic mass is 9.95. The van der Waals surface area contributed by atoms with E-state index in [9.17, 15) is 9.50 Å². The van der Waals surface area contributed by atoms with Gasteiger partial charge in [0, 0.05) is 12.1 Å². The minimum absolute atomic E-state index is 0.0268. The molecule has 0 saturated carbocycles. The van der Waals surface area contributed by atoms with Crippen molar-refractivity contribution in [3.63, 3.8) is 0 Å². The molecule has 0 spiro atoms. The van der Waals surface area contributed by atoms with E-state index in [1.165, 1.54) is 6.07 Å². The Morgan fingerprint density at radius 1 is 1.32 bits per heavy atom. The van der Waals surface area contributed by atoms with Gasteiger partial charge in [0.25, 0.3) is 0 Å². The van der Waals surface area contributed by atoms with E-state index < -0.39 is 11.9 Å². The van der Waals surface area contributed by atoms with Gasteiger partial charge in [0.05, 0.1) is 0 Å². The van der Waals surface area contributed by atoms with Crippen LogP contribution >= 0.6 is 0 Å². The molecule has 0 amide bonds. The zero-order valence-electron chi connectivity index (χ0n) is 11.9. The van der Waals surface area contributed by atoms with Gasteiger partial charge < -0.3 is 15.2 Å². The monoisotopic (exact) mass is 269 g/mol. The van der Waals surface area contributed by atoms with Gasteiger partial charge in [0.2, 0.25) is 0 Å². The topological polar surface area (TPSA) is 41.5 Å². The lowest BCUT2D eigenvalue weighted by molar-refractivity contribution is 0.0947. The summed E-state index contributed by atoms with van der Waals surface area (Å²) in [7, 11) is 0. The van der Waals surface area contributed by atoms with Crippen molar-refractivity contribution in [1.82, 2.24) is 5.32 Å². The highest BCUT2D eigenvalue weighted by atomic mass is 19.1. The molecular weight excluding hydrogens is 245 g/mol. The van der Waals surface area contributed by atoms with Crippen LogP contribution in [0.1, 0.15) is 33.6 Å². The van der Waals surface area contributed by atoms with Crippen molar-refractivity contribution in [3.05, 3.63) is 30.1 Å². The van der Waals surface area contributed by atoms with E-state index in [2.05, 4.69) is 26.1 Å². The van der Waals surface area contributed by atoms with Crippen molar-refractivity contribution < 1.29 is 14.2 Å². The first kappa shape index (κ1) is 15.9. The van der Waals surface area contributed by atoms with Crippen LogP contribution < -0.4 is 10.1 Å². The van der Waals surface area contributed by atoms with Crippen molar-refractivity contribution in [2.24, 2.45) is 0 Å². The third-order valence-electron chi connectivity index (χ3n) is 3.59. The Hall–Kier alpha value is -1.13. The average Bonchev–Trinajstić information content (AvgIpc) is 2.44. The molecule has 1 aromatic rings. The van der Waals surface area contributed by atoms with Crippen LogP contribution in [-0.2, 0) is 0 Å². The number of halogens is 1. The Morgan fingerprint density at radius 2 is 1.95 bits per heavy atom. The fraction of sp³-hybridized carbons (Fsp3) is 0.600. The Bertz CT molecular complexity index is 380. The number of aliphatic hydroxyl groups excluding tert-OH is 1. The Labute approximate surface area is 114 Å². The second kappa shape index (κ2) is 7.46. The van der Waals surface area contributed by atoms with E-state index in [-0.39, 0.29) is 17.9 Å². The van der Waals surface area contributed by atoms with Crippen LogP contribution in [0, 0.1) is 5.82 Å². The number of β-amino-alcohol motifs (C(OH)–C–C–N with tert-alkyl or cyclic N) is 1. The maximum absolute atomic E-state index is 13.3. The average molecular weight is 269 g/mol. The third-order valence-corrected chi connectivity index (χ3v) is 3.59. The van der Waals surface area contributed by atoms with Crippen LogP contribution in [0.4, 0.5) is 4.39 Å². The highest BCUT2D eigenvalue weighted by molar-refractivity contribution is 5.23. The third kappa shape index (κ3) is 5.17. The molecule has 0 aliphatic rings. The SMILES string of the molecule is CCC(C)(CC)NCC(O)COc1ccccc1F. The summed E-state index contributed by atoms with van der Waals surface area (Å²) in [4.78, 5) is 0. The van der Waals surface area contributed by atoms with E-state index >= 15 is 0 Å². The lowest BCUT2D eigenvalue weighted by Gasteiger charge is -2.29. The number of rotatable bonds is 8. The van der Waals surface area contributed by atoms with Crippen molar-refractivity contribution >= 4 is 0 Å². The van der Waals surface area contributed by atoms with E-state index in [0.717, 1.165) is 12.8 Å². The number of hydrogen-bond acceptors (Lipinski definition) is 3. The van der Waals surface area contributed by atoms with Crippen LogP contribution in [0.3, 0.4) is 0 Å². The van der Waals surface area contributed by atoms with Crippen LogP contribution in [0.15, 0.2) is 24.3 Å². The zero-order chi connectivity index (χ0) is 14.3. The molecule has 0 heterocycles. The van der Waals surface area contributed by atoms with Gasteiger partial charge in [-0.25, -0.2) is 4.39 Å². The van der Waals surface area contributed by atoms with E-state index in [0.29, 0.717) is 6.54 Å². The van der Waals surface area contributed by atoms with Gasteiger partial charge in [-0.3, -0.25) is 0 Å². The zero-order valence-corrected chi connectivity index (χ0v) is 11.9. The van der Waals surface area contributed by atoms with E-state index in [1.54, 1.807) is 18.2 Å². The fourth-order valence-electron chi connectivity index (χ4n) is 1.67. The Balaban J connectivity index is 2.36. The molecule has 2 N–H and O–H groups in total. The number of para-hydroxylation sites is 1. The van der Waals surface area contributed by atoms with Crippen molar-refractivity contribution in [2.75, 3.05) is 13.2 Å². The molecule has 0 saturated heterocycles. The van der Waals surface area contributed by atoms with Gasteiger partial charge in [-0.15, -0.1) is 0 Å². The lowest BCUT2D eigenvalue weighted by Crippen LogP contribution is -2.46. The highest BCUT2D eigenvalue weighted by Crippen LogP contribution is 2.16. The van der Waals surface area contributed by atoms with Crippen LogP contribution in [0.5, 0.6) is 5.75 Å². The minimum atomic E-state index is -0.656. The standard InChI is InChI=1S/C15H24FNO2/c1-4-15(3,5-2)17-10-12(18)11-19-14-9-7-6-8-13(14)16/h6-9,12,17-18H,4-5,10-11H2,1-3H3. The summed E-state index contributed by atoms with van der Waals surface area (Å²) in [6.45, 7) is 6.86. The second-order valence-corrected chi connectivity index (χ2v) is 5.04. The normalized spacial score (nSPS) is 13.3. The summed E-state index contributed by atoms with van der Waals surface area (Å²) in [5.41, 5.74) is 0.0268. The Morgan fingerprint density at radius 3 is 2.53 bits per heavy atom. The maximum atomic E-state index is 13.3. The summed E-state index contributed by atoms with van der Waals surface area (Å²) in [6.07, 6.45) is 1.33. The fourth-order valence-corrected chi connectivity index (χ4v) is 1.67. The van der Waals surface area contributed by atoms with Gasteiger partial charge in [-0.1, -0.05) is 26.0 Å². The largest absolute Gasteiger partial charge is 0.488 e. The van der Waals surface area contributed by atoms with Crippen molar-refractivity contribution in [2.45, 2.75) is 45.3 Å². The number of benzene rings is 1. The first-order chi connectivity index (χ1) is 9.00. The quantitative estimate of drug-likeness (QED) is 0.762. The smallest absolute Gasteiger partial charge is 0.165 e. The molecular formula is C15H24FNO2. The molecule has 1 aromatic carbocycles. The number of ether oxygens (including phenoxy) is 1. The van der Waals surface area contributed by atoms with Crippen LogP contribution in [0.25, 0.3) is 0 Å². The summed E-state index contributed by atoms with van der Waals surface area (Å²) in [6, 6.07) is 6.20. The summed E-state index contributed by atoms with van der Waals surface area (Å²) in [5.74, 6) is -0.232. The molecule has 0 aromatic heterocycles. The first-order valence-electron chi connectivity index (χ1n) is 6.81. The maximum Gasteiger partial charge on any atom is 0.165 e. The molecule has 1 unspecified atom stereocenters. The molecule has 19 heavy (non-hydrogen) atoms. The van der Waals surface area contributed by atoms with Crippen molar-refractivity contribution in [3.8, 4) is 5.75 Å². The minimum Gasteiger partial charge on any atom is -0.488 e. The van der Waals surface area contributed by atoms with Gasteiger partial charge in [0.1, 0.15) is 12.7 Å². The molecule has 0 bridgehead atoms. The van der Waals surface area contributed by atoms with Gasteiger partial charge in [-0.2, -0.15) is 0 Å². The molecule has 0 radical (unpaired) electrons. The first-order valence-corrected chi connectivity index (χ1v) is 6.81. The molecule has 0 aliphatic heterocycles. The summed E-state index contributed by atoms with van der Waals surface area (Å²) >= 11 is 0. The highest BCUT2D eigenvalue weighted by Gasteiger charge is 2.20. The predicted molar refractivity (Wildman–Crippen MR) is 74.9 cm³/mol. The van der Waals surface area contributed by atoms with E-state index in [4.69, 9.17) is 4.74 Å².